The number of rotatable bonds is 6. The second-order valence-corrected chi connectivity index (χ2v) is 11.0. The highest BCUT2D eigenvalue weighted by Gasteiger charge is 2.40. The molecule has 1 aliphatic heterocycles. The Hall–Kier alpha value is -0.123. The van der Waals surface area contributed by atoms with Crippen LogP contribution in [-0.2, 0) is 9.16 Å². The Morgan fingerprint density at radius 3 is 2.44 bits per heavy atom. The van der Waals surface area contributed by atoms with Crippen molar-refractivity contribution in [2.45, 2.75) is 64.0 Å². The van der Waals surface area contributed by atoms with Gasteiger partial charge in [-0.15, -0.1) is 6.58 Å². The van der Waals surface area contributed by atoms with Gasteiger partial charge in [-0.05, 0) is 24.6 Å². The molecular weight excluding hydrogens is 216 g/mol. The van der Waals surface area contributed by atoms with Gasteiger partial charge in [0.15, 0.2) is 8.32 Å². The van der Waals surface area contributed by atoms with Crippen LogP contribution in [0, 0.1) is 0 Å². The van der Waals surface area contributed by atoms with E-state index in [1.807, 2.05) is 6.08 Å². The van der Waals surface area contributed by atoms with Gasteiger partial charge in [-0.25, -0.2) is 0 Å². The maximum Gasteiger partial charge on any atom is 0.192 e. The second kappa shape index (κ2) is 5.03. The van der Waals surface area contributed by atoms with Crippen molar-refractivity contribution < 1.29 is 9.16 Å². The SMILES string of the molecule is C=CC[C@H](C[C@H]1CO1)O[Si](C)(C)C(C)(C)C. The summed E-state index contributed by atoms with van der Waals surface area (Å²) in [5.74, 6) is 0. The van der Waals surface area contributed by atoms with Crippen molar-refractivity contribution in [1.82, 2.24) is 0 Å². The minimum Gasteiger partial charge on any atom is -0.414 e. The van der Waals surface area contributed by atoms with Crippen LogP contribution in [0.5, 0.6) is 0 Å². The largest absolute Gasteiger partial charge is 0.414 e. The van der Waals surface area contributed by atoms with E-state index in [1.165, 1.54) is 0 Å². The summed E-state index contributed by atoms with van der Waals surface area (Å²) in [5.41, 5.74) is 0. The lowest BCUT2D eigenvalue weighted by molar-refractivity contribution is 0.161. The second-order valence-electron chi connectivity index (χ2n) is 6.22. The van der Waals surface area contributed by atoms with E-state index in [-0.39, 0.29) is 5.04 Å². The molecule has 0 bridgehead atoms. The third kappa shape index (κ3) is 4.04. The lowest BCUT2D eigenvalue weighted by Gasteiger charge is -2.39. The van der Waals surface area contributed by atoms with Crippen molar-refractivity contribution >= 4 is 8.32 Å². The average molecular weight is 242 g/mol. The monoisotopic (exact) mass is 242 g/mol. The molecule has 3 heteroatoms. The molecule has 0 amide bonds. The smallest absolute Gasteiger partial charge is 0.192 e. The molecule has 2 atom stereocenters. The number of epoxide rings is 1. The Balaban J connectivity index is 2.54. The zero-order valence-electron chi connectivity index (χ0n) is 11.4. The first kappa shape index (κ1) is 13.9. The summed E-state index contributed by atoms with van der Waals surface area (Å²) in [7, 11) is -1.65. The molecule has 0 N–H and O–H groups in total. The van der Waals surface area contributed by atoms with Gasteiger partial charge in [-0.1, -0.05) is 26.8 Å². The van der Waals surface area contributed by atoms with Gasteiger partial charge in [0.1, 0.15) is 0 Å². The molecule has 94 valence electrons. The van der Waals surface area contributed by atoms with Crippen molar-refractivity contribution in [2.75, 3.05) is 6.61 Å². The van der Waals surface area contributed by atoms with E-state index in [2.05, 4.69) is 40.4 Å². The van der Waals surface area contributed by atoms with Crippen LogP contribution in [0.15, 0.2) is 12.7 Å². The minimum absolute atomic E-state index is 0.275. The molecule has 0 spiro atoms. The van der Waals surface area contributed by atoms with Crippen LogP contribution < -0.4 is 0 Å². The lowest BCUT2D eigenvalue weighted by atomic mass is 10.1. The maximum atomic E-state index is 6.38. The topological polar surface area (TPSA) is 21.8 Å². The first-order valence-electron chi connectivity index (χ1n) is 6.16. The molecule has 0 unspecified atom stereocenters. The summed E-state index contributed by atoms with van der Waals surface area (Å²) in [6, 6.07) is 0. The molecule has 0 aromatic rings. The van der Waals surface area contributed by atoms with E-state index in [4.69, 9.17) is 9.16 Å². The van der Waals surface area contributed by atoms with Crippen LogP contribution in [0.2, 0.25) is 18.1 Å². The molecule has 0 aliphatic carbocycles. The number of hydrogen-bond acceptors (Lipinski definition) is 2. The van der Waals surface area contributed by atoms with Crippen molar-refractivity contribution in [3.05, 3.63) is 12.7 Å². The summed E-state index contributed by atoms with van der Waals surface area (Å²) in [6.45, 7) is 16.2. The van der Waals surface area contributed by atoms with Crippen LogP contribution in [0.4, 0.5) is 0 Å². The molecule has 1 fully saturated rings. The van der Waals surface area contributed by atoms with E-state index in [0.717, 1.165) is 19.4 Å². The molecule has 1 aliphatic rings. The fourth-order valence-corrected chi connectivity index (χ4v) is 2.85. The van der Waals surface area contributed by atoms with Gasteiger partial charge >= 0.3 is 0 Å². The predicted molar refractivity (Wildman–Crippen MR) is 71.2 cm³/mol. The van der Waals surface area contributed by atoms with Crippen molar-refractivity contribution in [3.63, 3.8) is 0 Å². The maximum absolute atomic E-state index is 6.38. The van der Waals surface area contributed by atoms with Crippen LogP contribution in [0.3, 0.4) is 0 Å². The molecule has 16 heavy (non-hydrogen) atoms. The summed E-state index contributed by atoms with van der Waals surface area (Å²) in [5, 5.41) is 0.275. The van der Waals surface area contributed by atoms with Gasteiger partial charge in [0.25, 0.3) is 0 Å². The van der Waals surface area contributed by atoms with Crippen LogP contribution in [-0.4, -0.2) is 27.1 Å². The Morgan fingerprint density at radius 1 is 1.50 bits per heavy atom. The van der Waals surface area contributed by atoms with Crippen LogP contribution >= 0.6 is 0 Å². The van der Waals surface area contributed by atoms with Gasteiger partial charge in [-0.3, -0.25) is 0 Å². The Kier molecular flexibility index (Phi) is 4.38. The minimum atomic E-state index is -1.65. The predicted octanol–water partition coefficient (Wildman–Crippen LogP) is 3.74. The summed E-state index contributed by atoms with van der Waals surface area (Å²) in [4.78, 5) is 0. The van der Waals surface area contributed by atoms with Gasteiger partial charge < -0.3 is 9.16 Å². The van der Waals surface area contributed by atoms with Gasteiger partial charge in [-0.2, -0.15) is 0 Å². The fraction of sp³-hybridized carbons (Fsp3) is 0.846. The van der Waals surface area contributed by atoms with Crippen molar-refractivity contribution in [2.24, 2.45) is 0 Å². The molecule has 2 nitrogen and oxygen atoms in total. The highest BCUT2D eigenvalue weighted by molar-refractivity contribution is 6.74. The number of hydrogen-bond donors (Lipinski definition) is 0. The van der Waals surface area contributed by atoms with Gasteiger partial charge in [0, 0.05) is 6.42 Å². The molecule has 0 radical (unpaired) electrons. The first-order valence-corrected chi connectivity index (χ1v) is 9.07. The van der Waals surface area contributed by atoms with Crippen LogP contribution in [0.1, 0.15) is 33.6 Å². The highest BCUT2D eigenvalue weighted by Crippen LogP contribution is 2.38. The van der Waals surface area contributed by atoms with E-state index in [1.54, 1.807) is 0 Å². The Bertz CT molecular complexity index is 239. The third-order valence-electron chi connectivity index (χ3n) is 3.63. The van der Waals surface area contributed by atoms with Gasteiger partial charge in [0.05, 0.1) is 18.8 Å². The molecule has 0 aromatic carbocycles. The van der Waals surface area contributed by atoms with Crippen molar-refractivity contribution in [1.29, 1.82) is 0 Å². The molecule has 0 aromatic heterocycles. The normalized spacial score (nSPS) is 22.9. The molecule has 1 heterocycles. The zero-order chi connectivity index (χ0) is 12.4. The quantitative estimate of drug-likeness (QED) is 0.402. The third-order valence-corrected chi connectivity index (χ3v) is 8.16. The van der Waals surface area contributed by atoms with Gasteiger partial charge in [0.2, 0.25) is 0 Å². The highest BCUT2D eigenvalue weighted by atomic mass is 28.4. The van der Waals surface area contributed by atoms with E-state index < -0.39 is 8.32 Å². The lowest BCUT2D eigenvalue weighted by Crippen LogP contribution is -2.44. The number of ether oxygens (including phenoxy) is 1. The molecule has 1 saturated heterocycles. The zero-order valence-corrected chi connectivity index (χ0v) is 12.4. The van der Waals surface area contributed by atoms with Crippen LogP contribution in [0.25, 0.3) is 0 Å². The summed E-state index contributed by atoms with van der Waals surface area (Å²) in [6.07, 6.45) is 4.66. The fourth-order valence-electron chi connectivity index (χ4n) is 1.47. The molecule has 1 rings (SSSR count). The van der Waals surface area contributed by atoms with E-state index in [0.29, 0.717) is 12.2 Å². The van der Waals surface area contributed by atoms with Crippen molar-refractivity contribution in [3.8, 4) is 0 Å². The van der Waals surface area contributed by atoms with E-state index >= 15 is 0 Å². The average Bonchev–Trinajstić information content (AvgIpc) is 2.85. The van der Waals surface area contributed by atoms with E-state index in [9.17, 15) is 0 Å². The standard InChI is InChI=1S/C13H26O2Si/c1-7-8-11(9-12-10-14-12)15-16(5,6)13(2,3)4/h7,11-12H,1,8-10H2,2-6H3/t11-,12+/m1/s1. The summed E-state index contributed by atoms with van der Waals surface area (Å²) >= 11 is 0. The summed E-state index contributed by atoms with van der Waals surface area (Å²) < 4.78 is 11.7. The Labute approximate surface area is 101 Å². The first-order chi connectivity index (χ1) is 7.26. The molecule has 0 saturated carbocycles. The Morgan fingerprint density at radius 2 is 2.06 bits per heavy atom. The molecular formula is C13H26O2Si.